The minimum atomic E-state index is 0.0563. The summed E-state index contributed by atoms with van der Waals surface area (Å²) in [5, 5.41) is 3.26. The molecule has 114 valence electrons. The van der Waals surface area contributed by atoms with E-state index in [9.17, 15) is 0 Å². The van der Waals surface area contributed by atoms with Crippen molar-refractivity contribution in [1.29, 1.82) is 0 Å². The van der Waals surface area contributed by atoms with Crippen LogP contribution in [0.3, 0.4) is 0 Å². The van der Waals surface area contributed by atoms with Crippen LogP contribution < -0.4 is 15.8 Å². The van der Waals surface area contributed by atoms with E-state index in [-0.39, 0.29) is 12.1 Å². The Morgan fingerprint density at radius 1 is 1.09 bits per heavy atom. The van der Waals surface area contributed by atoms with Crippen LogP contribution in [0.5, 0.6) is 5.75 Å². The molecule has 0 spiro atoms. The van der Waals surface area contributed by atoms with Gasteiger partial charge in [-0.05, 0) is 41.8 Å². The lowest BCUT2D eigenvalue weighted by atomic mass is 9.94. The van der Waals surface area contributed by atoms with Gasteiger partial charge in [-0.3, -0.25) is 0 Å². The van der Waals surface area contributed by atoms with E-state index < -0.39 is 0 Å². The van der Waals surface area contributed by atoms with E-state index in [1.54, 1.807) is 7.11 Å². The molecule has 22 heavy (non-hydrogen) atoms. The molecule has 3 rings (SSSR count). The SMILES string of the molecule is COc1ccc(C2CC(c3ccc(Br)cc3)NC(N)=N2)cc1. The molecule has 2 aromatic carbocycles. The van der Waals surface area contributed by atoms with Crippen LogP contribution in [-0.4, -0.2) is 13.1 Å². The van der Waals surface area contributed by atoms with E-state index >= 15 is 0 Å². The third-order valence-corrected chi connectivity index (χ3v) is 4.38. The van der Waals surface area contributed by atoms with Crippen molar-refractivity contribution in [3.8, 4) is 5.75 Å². The molecule has 0 amide bonds. The summed E-state index contributed by atoms with van der Waals surface area (Å²) in [6, 6.07) is 16.5. The topological polar surface area (TPSA) is 59.6 Å². The zero-order valence-corrected chi connectivity index (χ0v) is 13.9. The smallest absolute Gasteiger partial charge is 0.189 e. The first kappa shape index (κ1) is 14.9. The number of benzene rings is 2. The van der Waals surface area contributed by atoms with Crippen LogP contribution in [-0.2, 0) is 0 Å². The van der Waals surface area contributed by atoms with Crippen molar-refractivity contribution in [1.82, 2.24) is 5.32 Å². The van der Waals surface area contributed by atoms with Crippen LogP contribution in [0.1, 0.15) is 29.6 Å². The van der Waals surface area contributed by atoms with Crippen molar-refractivity contribution in [3.63, 3.8) is 0 Å². The van der Waals surface area contributed by atoms with Gasteiger partial charge in [-0.15, -0.1) is 0 Å². The quantitative estimate of drug-likeness (QED) is 0.880. The van der Waals surface area contributed by atoms with Gasteiger partial charge in [0, 0.05) is 4.47 Å². The Kier molecular flexibility index (Phi) is 4.34. The molecule has 0 saturated carbocycles. The fourth-order valence-corrected chi connectivity index (χ4v) is 2.93. The maximum atomic E-state index is 5.98. The summed E-state index contributed by atoms with van der Waals surface area (Å²) in [5.74, 6) is 1.33. The number of ether oxygens (including phenoxy) is 1. The van der Waals surface area contributed by atoms with Crippen molar-refractivity contribution in [2.45, 2.75) is 18.5 Å². The molecule has 2 atom stereocenters. The van der Waals surface area contributed by atoms with Gasteiger partial charge in [0.15, 0.2) is 5.96 Å². The highest BCUT2D eigenvalue weighted by Gasteiger charge is 2.24. The van der Waals surface area contributed by atoms with E-state index in [4.69, 9.17) is 10.5 Å². The summed E-state index contributed by atoms with van der Waals surface area (Å²) in [6.07, 6.45) is 0.870. The third-order valence-electron chi connectivity index (χ3n) is 3.85. The number of methoxy groups -OCH3 is 1. The monoisotopic (exact) mass is 359 g/mol. The summed E-state index contributed by atoms with van der Waals surface area (Å²) in [7, 11) is 1.67. The van der Waals surface area contributed by atoms with Crippen LogP contribution >= 0.6 is 15.9 Å². The van der Waals surface area contributed by atoms with E-state index in [0.717, 1.165) is 22.2 Å². The Balaban J connectivity index is 1.83. The van der Waals surface area contributed by atoms with E-state index in [1.807, 2.05) is 36.4 Å². The molecule has 0 radical (unpaired) electrons. The summed E-state index contributed by atoms with van der Waals surface area (Å²) >= 11 is 3.46. The number of aliphatic imine (C=N–C) groups is 1. The minimum Gasteiger partial charge on any atom is -0.497 e. The molecule has 4 nitrogen and oxygen atoms in total. The first-order valence-corrected chi connectivity index (χ1v) is 7.94. The Morgan fingerprint density at radius 3 is 2.36 bits per heavy atom. The normalized spacial score (nSPS) is 20.9. The Morgan fingerprint density at radius 2 is 1.73 bits per heavy atom. The standard InChI is InChI=1S/C17H18BrN3O/c1-22-14-8-4-12(5-9-14)16-10-15(20-17(19)21-16)11-2-6-13(18)7-3-11/h2-9,15-16H,10H2,1H3,(H3,19,20,21). The lowest BCUT2D eigenvalue weighted by Crippen LogP contribution is -2.39. The van der Waals surface area contributed by atoms with Crippen molar-refractivity contribution in [2.75, 3.05) is 7.11 Å². The summed E-state index contributed by atoms with van der Waals surface area (Å²) in [6.45, 7) is 0. The predicted octanol–water partition coefficient (Wildman–Crippen LogP) is 3.55. The summed E-state index contributed by atoms with van der Waals surface area (Å²) in [5.41, 5.74) is 8.33. The summed E-state index contributed by atoms with van der Waals surface area (Å²) < 4.78 is 6.27. The number of nitrogens with two attached hydrogens (primary N) is 1. The molecular weight excluding hydrogens is 342 g/mol. The van der Waals surface area contributed by atoms with Crippen LogP contribution in [0.4, 0.5) is 0 Å². The molecule has 5 heteroatoms. The van der Waals surface area contributed by atoms with Crippen molar-refractivity contribution in [2.24, 2.45) is 10.7 Å². The Labute approximate surface area is 138 Å². The van der Waals surface area contributed by atoms with E-state index in [1.165, 1.54) is 5.56 Å². The van der Waals surface area contributed by atoms with Gasteiger partial charge in [0.1, 0.15) is 5.75 Å². The molecule has 3 N–H and O–H groups in total. The highest BCUT2D eigenvalue weighted by atomic mass is 79.9. The van der Waals surface area contributed by atoms with Crippen molar-refractivity contribution < 1.29 is 4.74 Å². The second-order valence-corrected chi connectivity index (χ2v) is 6.20. The van der Waals surface area contributed by atoms with Gasteiger partial charge in [-0.1, -0.05) is 40.2 Å². The number of guanidine groups is 1. The van der Waals surface area contributed by atoms with Gasteiger partial charge >= 0.3 is 0 Å². The molecule has 2 unspecified atom stereocenters. The van der Waals surface area contributed by atoms with Gasteiger partial charge in [-0.2, -0.15) is 0 Å². The van der Waals surface area contributed by atoms with Crippen LogP contribution in [0.15, 0.2) is 58.0 Å². The third kappa shape index (κ3) is 3.25. The summed E-state index contributed by atoms with van der Waals surface area (Å²) in [4.78, 5) is 4.53. The first-order chi connectivity index (χ1) is 10.7. The maximum Gasteiger partial charge on any atom is 0.189 e. The van der Waals surface area contributed by atoms with Crippen molar-refractivity contribution in [3.05, 3.63) is 64.1 Å². The maximum absolute atomic E-state index is 5.98. The number of halogens is 1. The van der Waals surface area contributed by atoms with E-state index in [0.29, 0.717) is 5.96 Å². The minimum absolute atomic E-state index is 0.0563. The zero-order chi connectivity index (χ0) is 15.5. The predicted molar refractivity (Wildman–Crippen MR) is 92.0 cm³/mol. The number of nitrogens with zero attached hydrogens (tertiary/aromatic N) is 1. The number of nitrogens with one attached hydrogen (secondary N) is 1. The molecule has 0 saturated heterocycles. The van der Waals surface area contributed by atoms with E-state index in [2.05, 4.69) is 38.4 Å². The molecule has 0 fully saturated rings. The number of hydrogen-bond acceptors (Lipinski definition) is 4. The number of hydrogen-bond donors (Lipinski definition) is 2. The largest absolute Gasteiger partial charge is 0.497 e. The van der Waals surface area contributed by atoms with Crippen LogP contribution in [0.25, 0.3) is 0 Å². The molecule has 2 aromatic rings. The molecule has 0 aromatic heterocycles. The average Bonchev–Trinajstić information content (AvgIpc) is 2.55. The fraction of sp³-hybridized carbons (Fsp3) is 0.235. The molecule has 1 aliphatic rings. The fourth-order valence-electron chi connectivity index (χ4n) is 2.67. The highest BCUT2D eigenvalue weighted by molar-refractivity contribution is 9.10. The molecule has 1 aliphatic heterocycles. The molecule has 0 bridgehead atoms. The lowest BCUT2D eigenvalue weighted by molar-refractivity contribution is 0.414. The van der Waals surface area contributed by atoms with Crippen LogP contribution in [0.2, 0.25) is 0 Å². The van der Waals surface area contributed by atoms with Gasteiger partial charge in [0.05, 0.1) is 19.2 Å². The van der Waals surface area contributed by atoms with Crippen molar-refractivity contribution >= 4 is 21.9 Å². The lowest BCUT2D eigenvalue weighted by Gasteiger charge is -2.29. The van der Waals surface area contributed by atoms with Gasteiger partial charge < -0.3 is 15.8 Å². The second-order valence-electron chi connectivity index (χ2n) is 5.29. The molecule has 1 heterocycles. The van der Waals surface area contributed by atoms with Gasteiger partial charge in [0.2, 0.25) is 0 Å². The zero-order valence-electron chi connectivity index (χ0n) is 12.3. The Hall–Kier alpha value is -2.01. The van der Waals surface area contributed by atoms with Gasteiger partial charge in [-0.25, -0.2) is 4.99 Å². The first-order valence-electron chi connectivity index (χ1n) is 7.15. The second kappa shape index (κ2) is 6.40. The van der Waals surface area contributed by atoms with Crippen LogP contribution in [0, 0.1) is 0 Å². The average molecular weight is 360 g/mol. The number of rotatable bonds is 3. The molecular formula is C17H18BrN3O. The van der Waals surface area contributed by atoms with Gasteiger partial charge in [0.25, 0.3) is 0 Å². The molecule has 0 aliphatic carbocycles. The Bertz CT molecular complexity index is 667. The highest BCUT2D eigenvalue weighted by Crippen LogP contribution is 2.33.